The van der Waals surface area contributed by atoms with Gasteiger partial charge in [0.15, 0.2) is 0 Å². The van der Waals surface area contributed by atoms with Gasteiger partial charge in [-0.05, 0) is 37.1 Å². The summed E-state index contributed by atoms with van der Waals surface area (Å²) in [5.74, 6) is 0.810. The molecule has 2 aromatic rings. The number of hydrogen-bond donors (Lipinski definition) is 1. The highest BCUT2D eigenvalue weighted by molar-refractivity contribution is 5.42. The molecule has 1 aromatic carbocycles. The second-order valence-corrected chi connectivity index (χ2v) is 7.27. The molecule has 1 N–H and O–H groups in total. The molecule has 2 fully saturated rings. The average Bonchev–Trinajstić information content (AvgIpc) is 2.73. The molecule has 1 aromatic heterocycles. The second-order valence-electron chi connectivity index (χ2n) is 7.27. The number of benzene rings is 1. The predicted octanol–water partition coefficient (Wildman–Crippen LogP) is 2.67. The molecule has 0 aliphatic carbocycles. The molecular weight excluding hydrogens is 364 g/mol. The van der Waals surface area contributed by atoms with Gasteiger partial charge in [0.2, 0.25) is 5.95 Å². The predicted molar refractivity (Wildman–Crippen MR) is 103 cm³/mol. The molecule has 8 heteroatoms. The third-order valence-corrected chi connectivity index (χ3v) is 5.28. The van der Waals surface area contributed by atoms with E-state index < -0.39 is 5.82 Å². The maximum absolute atomic E-state index is 13.8. The Balaban J connectivity index is 1.30. The van der Waals surface area contributed by atoms with Crippen molar-refractivity contribution in [2.45, 2.75) is 25.4 Å². The van der Waals surface area contributed by atoms with Gasteiger partial charge >= 0.3 is 0 Å². The molecule has 0 saturated carbocycles. The van der Waals surface area contributed by atoms with Crippen LogP contribution in [0.5, 0.6) is 0 Å². The van der Waals surface area contributed by atoms with Crippen LogP contribution in [0.25, 0.3) is 0 Å². The molecule has 0 radical (unpaired) electrons. The number of halogens is 2. The lowest BCUT2D eigenvalue weighted by atomic mass is 10.0. The van der Waals surface area contributed by atoms with Crippen molar-refractivity contribution in [3.8, 4) is 0 Å². The van der Waals surface area contributed by atoms with Crippen LogP contribution in [0.4, 0.5) is 20.5 Å². The molecule has 0 bridgehead atoms. The van der Waals surface area contributed by atoms with Crippen molar-refractivity contribution in [1.29, 1.82) is 0 Å². The van der Waals surface area contributed by atoms with Crippen LogP contribution in [0.15, 0.2) is 30.5 Å². The van der Waals surface area contributed by atoms with Gasteiger partial charge in [0.25, 0.3) is 0 Å². The minimum absolute atomic E-state index is 0.307. The number of morpholine rings is 1. The number of piperidine rings is 1. The molecule has 3 heterocycles. The van der Waals surface area contributed by atoms with E-state index in [2.05, 4.69) is 25.1 Å². The van der Waals surface area contributed by atoms with E-state index in [9.17, 15) is 8.78 Å². The maximum atomic E-state index is 13.8. The Hall–Kier alpha value is -2.32. The van der Waals surface area contributed by atoms with E-state index in [1.54, 1.807) is 6.20 Å². The smallest absolute Gasteiger partial charge is 0.227 e. The minimum atomic E-state index is -0.396. The van der Waals surface area contributed by atoms with Crippen LogP contribution in [0.3, 0.4) is 0 Å². The van der Waals surface area contributed by atoms with E-state index in [1.807, 2.05) is 6.07 Å². The van der Waals surface area contributed by atoms with Gasteiger partial charge in [-0.1, -0.05) is 0 Å². The molecule has 0 amide bonds. The number of ether oxygens (including phenoxy) is 1. The molecule has 2 aliphatic rings. The Kier molecular flexibility index (Phi) is 5.97. The third kappa shape index (κ3) is 4.74. The summed E-state index contributed by atoms with van der Waals surface area (Å²) in [5, 5.41) is 3.50. The molecule has 0 atom stereocenters. The molecule has 2 aliphatic heterocycles. The van der Waals surface area contributed by atoms with E-state index >= 15 is 0 Å². The van der Waals surface area contributed by atoms with Crippen molar-refractivity contribution in [1.82, 2.24) is 14.9 Å². The van der Waals surface area contributed by atoms with Gasteiger partial charge in [0, 0.05) is 50.5 Å². The summed E-state index contributed by atoms with van der Waals surface area (Å²) in [7, 11) is 0. The molecule has 0 spiro atoms. The van der Waals surface area contributed by atoms with Crippen molar-refractivity contribution in [3.63, 3.8) is 0 Å². The molecule has 28 heavy (non-hydrogen) atoms. The Morgan fingerprint density at radius 2 is 1.86 bits per heavy atom. The Morgan fingerprint density at radius 1 is 1.07 bits per heavy atom. The zero-order valence-corrected chi connectivity index (χ0v) is 15.8. The number of rotatable bonds is 5. The largest absolute Gasteiger partial charge is 0.378 e. The van der Waals surface area contributed by atoms with Crippen LogP contribution in [0.2, 0.25) is 0 Å². The first-order valence-electron chi connectivity index (χ1n) is 9.76. The van der Waals surface area contributed by atoms with Crippen molar-refractivity contribution in [2.75, 3.05) is 49.6 Å². The first kappa shape index (κ1) is 19.0. The van der Waals surface area contributed by atoms with Gasteiger partial charge in [-0.3, -0.25) is 4.90 Å². The van der Waals surface area contributed by atoms with E-state index in [4.69, 9.17) is 4.74 Å². The van der Waals surface area contributed by atoms with Crippen molar-refractivity contribution in [3.05, 3.63) is 47.7 Å². The second kappa shape index (κ2) is 8.79. The normalized spacial score (nSPS) is 19.0. The molecule has 0 unspecified atom stereocenters. The lowest BCUT2D eigenvalue weighted by Gasteiger charge is -2.33. The van der Waals surface area contributed by atoms with E-state index in [-0.39, 0.29) is 5.82 Å². The zero-order valence-electron chi connectivity index (χ0n) is 15.8. The van der Waals surface area contributed by atoms with Crippen LogP contribution in [-0.2, 0) is 11.3 Å². The lowest BCUT2D eigenvalue weighted by Crippen LogP contribution is -2.39. The maximum Gasteiger partial charge on any atom is 0.227 e. The van der Waals surface area contributed by atoms with Crippen LogP contribution >= 0.6 is 0 Å². The van der Waals surface area contributed by atoms with Crippen LogP contribution < -0.4 is 10.2 Å². The number of nitrogens with zero attached hydrogens (tertiary/aromatic N) is 4. The van der Waals surface area contributed by atoms with Crippen LogP contribution in [-0.4, -0.2) is 60.3 Å². The van der Waals surface area contributed by atoms with Gasteiger partial charge in [-0.25, -0.2) is 13.8 Å². The van der Waals surface area contributed by atoms with Crippen molar-refractivity contribution < 1.29 is 13.5 Å². The molecule has 2 saturated heterocycles. The molecule has 6 nitrogen and oxygen atoms in total. The summed E-state index contributed by atoms with van der Waals surface area (Å²) >= 11 is 0. The van der Waals surface area contributed by atoms with E-state index in [0.29, 0.717) is 31.4 Å². The van der Waals surface area contributed by atoms with Gasteiger partial charge in [0.05, 0.1) is 13.2 Å². The number of anilines is 2. The van der Waals surface area contributed by atoms with Gasteiger partial charge < -0.3 is 15.0 Å². The summed E-state index contributed by atoms with van der Waals surface area (Å²) in [4.78, 5) is 13.3. The summed E-state index contributed by atoms with van der Waals surface area (Å²) in [6.45, 7) is 5.10. The summed E-state index contributed by atoms with van der Waals surface area (Å²) in [5.41, 5.74) is 0.414. The fourth-order valence-corrected chi connectivity index (χ4v) is 3.69. The number of nitrogens with one attached hydrogen (secondary N) is 1. The fraction of sp³-hybridized carbons (Fsp3) is 0.500. The van der Waals surface area contributed by atoms with Crippen LogP contribution in [0, 0.1) is 11.6 Å². The first-order chi connectivity index (χ1) is 13.7. The highest BCUT2D eigenvalue weighted by Crippen LogP contribution is 2.20. The van der Waals surface area contributed by atoms with E-state index in [0.717, 1.165) is 56.9 Å². The molecule has 4 rings (SSSR count). The highest BCUT2D eigenvalue weighted by Gasteiger charge is 2.21. The summed E-state index contributed by atoms with van der Waals surface area (Å²) in [6, 6.07) is 5.83. The van der Waals surface area contributed by atoms with E-state index in [1.165, 1.54) is 12.1 Å². The van der Waals surface area contributed by atoms with Crippen molar-refractivity contribution in [2.24, 2.45) is 0 Å². The van der Waals surface area contributed by atoms with Gasteiger partial charge in [-0.15, -0.1) is 0 Å². The standard InChI is InChI=1S/C20H25F2N5O/c21-16-1-2-18(22)15(13-16)14-26-7-4-17(5-8-26)24-19-3-6-23-20(25-19)27-9-11-28-12-10-27/h1-3,6,13,17H,4-5,7-12,14H2,(H,23,24,25). The number of likely N-dealkylation sites (tertiary alicyclic amines) is 1. The number of hydrogen-bond acceptors (Lipinski definition) is 6. The Labute approximate surface area is 163 Å². The fourth-order valence-electron chi connectivity index (χ4n) is 3.69. The SMILES string of the molecule is Fc1ccc(F)c(CN2CCC(Nc3ccnc(N4CCOCC4)n3)CC2)c1. The zero-order chi connectivity index (χ0) is 19.3. The quantitative estimate of drug-likeness (QED) is 0.849. The monoisotopic (exact) mass is 389 g/mol. The van der Waals surface area contributed by atoms with Gasteiger partial charge in [-0.2, -0.15) is 4.98 Å². The van der Waals surface area contributed by atoms with Crippen LogP contribution in [0.1, 0.15) is 18.4 Å². The third-order valence-electron chi connectivity index (χ3n) is 5.28. The van der Waals surface area contributed by atoms with Gasteiger partial charge in [0.1, 0.15) is 17.5 Å². The summed E-state index contributed by atoms with van der Waals surface area (Å²) in [6.07, 6.45) is 3.63. The number of aromatic nitrogens is 2. The average molecular weight is 389 g/mol. The lowest BCUT2D eigenvalue weighted by molar-refractivity contribution is 0.122. The Bertz CT molecular complexity index is 792. The molecule has 150 valence electrons. The minimum Gasteiger partial charge on any atom is -0.378 e. The first-order valence-corrected chi connectivity index (χ1v) is 9.76. The highest BCUT2D eigenvalue weighted by atomic mass is 19.1. The topological polar surface area (TPSA) is 53.5 Å². The summed E-state index contributed by atoms with van der Waals surface area (Å²) < 4.78 is 32.6. The molecular formula is C20H25F2N5O. The van der Waals surface area contributed by atoms with Crippen molar-refractivity contribution >= 4 is 11.8 Å². The Morgan fingerprint density at radius 3 is 2.64 bits per heavy atom.